The van der Waals surface area contributed by atoms with Crippen molar-refractivity contribution in [2.75, 3.05) is 40.5 Å². The van der Waals surface area contributed by atoms with E-state index in [-0.39, 0.29) is 0 Å². The van der Waals surface area contributed by atoms with Gasteiger partial charge in [-0.25, -0.2) is 0 Å². The molecular weight excluding hydrogens is 270 g/mol. The monoisotopic (exact) mass is 305 g/mol. The normalized spacial score (nSPS) is 12.3. The third-order valence-electron chi connectivity index (χ3n) is 3.60. The predicted octanol–water partition coefficient (Wildman–Crippen LogP) is 3.55. The minimum atomic E-state index is -2.40. The molecule has 0 amide bonds. The minimum Gasteiger partial charge on any atom is -0.377 e. The Morgan fingerprint density at radius 1 is 0.800 bits per heavy atom. The Hall–Kier alpha value is 0.0569. The van der Waals surface area contributed by atoms with E-state index in [1.807, 2.05) is 6.92 Å². The summed E-state index contributed by atoms with van der Waals surface area (Å²) in [6, 6.07) is 0.905. The average Bonchev–Trinajstić information content (AvgIpc) is 2.48. The van der Waals surface area contributed by atoms with Crippen molar-refractivity contribution in [2.45, 2.75) is 58.9 Å². The molecule has 4 nitrogen and oxygen atoms in total. The molecule has 0 aliphatic rings. The minimum absolute atomic E-state index is 0.656. The topological polar surface area (TPSA) is 30.9 Å². The molecule has 0 radical (unpaired) electrons. The fourth-order valence-corrected chi connectivity index (χ4v) is 4.30. The van der Waals surface area contributed by atoms with E-state index in [0.717, 1.165) is 19.0 Å². The predicted molar refractivity (Wildman–Crippen MR) is 87.1 cm³/mol. The molecule has 5 heteroatoms. The van der Waals surface area contributed by atoms with Crippen LogP contribution in [0.4, 0.5) is 0 Å². The second-order valence-corrected chi connectivity index (χ2v) is 8.15. The van der Waals surface area contributed by atoms with Crippen LogP contribution in [0.1, 0.15) is 52.9 Å². The van der Waals surface area contributed by atoms with Gasteiger partial charge in [0.1, 0.15) is 0 Å². The van der Waals surface area contributed by atoms with E-state index in [4.69, 9.17) is 13.3 Å². The number of nitrogens with zero attached hydrogens (tertiary/aromatic N) is 1. The van der Waals surface area contributed by atoms with Gasteiger partial charge in [0.2, 0.25) is 0 Å². The van der Waals surface area contributed by atoms with Crippen molar-refractivity contribution in [1.29, 1.82) is 0 Å². The highest BCUT2D eigenvalue weighted by Gasteiger charge is 2.37. The van der Waals surface area contributed by atoms with Gasteiger partial charge in [-0.2, -0.15) is 0 Å². The SMILES string of the molecule is CCCCN(CCCC)CCC[Si](OC)(OC)OCC. The van der Waals surface area contributed by atoms with Crippen LogP contribution in [0.3, 0.4) is 0 Å². The zero-order valence-electron chi connectivity index (χ0n) is 14.2. The highest BCUT2D eigenvalue weighted by Crippen LogP contribution is 2.16. The van der Waals surface area contributed by atoms with Crippen LogP contribution in [0.25, 0.3) is 0 Å². The molecule has 0 bridgehead atoms. The molecular formula is C15H35NO3Si. The largest absolute Gasteiger partial charge is 0.500 e. The summed E-state index contributed by atoms with van der Waals surface area (Å²) in [5.74, 6) is 0. The van der Waals surface area contributed by atoms with Crippen LogP contribution >= 0.6 is 0 Å². The van der Waals surface area contributed by atoms with Crippen LogP contribution in [0.2, 0.25) is 6.04 Å². The Morgan fingerprint density at radius 3 is 1.70 bits per heavy atom. The lowest BCUT2D eigenvalue weighted by Crippen LogP contribution is -2.44. The Morgan fingerprint density at radius 2 is 1.30 bits per heavy atom. The van der Waals surface area contributed by atoms with Gasteiger partial charge in [-0.3, -0.25) is 0 Å². The molecule has 0 spiro atoms. The van der Waals surface area contributed by atoms with Gasteiger partial charge in [-0.15, -0.1) is 0 Å². The Labute approximate surface area is 127 Å². The third kappa shape index (κ3) is 8.37. The van der Waals surface area contributed by atoms with Crippen molar-refractivity contribution in [2.24, 2.45) is 0 Å². The summed E-state index contributed by atoms with van der Waals surface area (Å²) in [5, 5.41) is 0. The maximum absolute atomic E-state index is 5.75. The summed E-state index contributed by atoms with van der Waals surface area (Å²) in [6.45, 7) is 10.7. The van der Waals surface area contributed by atoms with Crippen molar-refractivity contribution in [3.05, 3.63) is 0 Å². The molecule has 0 saturated heterocycles. The van der Waals surface area contributed by atoms with Crippen LogP contribution in [-0.2, 0) is 13.3 Å². The first-order chi connectivity index (χ1) is 9.67. The lowest BCUT2D eigenvalue weighted by molar-refractivity contribution is 0.102. The molecule has 0 unspecified atom stereocenters. The smallest absolute Gasteiger partial charge is 0.377 e. The van der Waals surface area contributed by atoms with Crippen LogP contribution in [0.5, 0.6) is 0 Å². The molecule has 0 aromatic heterocycles. The van der Waals surface area contributed by atoms with Gasteiger partial charge in [0.05, 0.1) is 0 Å². The Balaban J connectivity index is 4.16. The standard InChI is InChI=1S/C15H35NO3Si/c1-6-9-12-16(13-10-7-2)14-11-15-20(17-4,18-5)19-8-3/h6-15H2,1-5H3. The first kappa shape index (κ1) is 20.1. The molecule has 0 aliphatic heterocycles. The third-order valence-corrected chi connectivity index (χ3v) is 6.54. The van der Waals surface area contributed by atoms with Crippen molar-refractivity contribution in [3.63, 3.8) is 0 Å². The van der Waals surface area contributed by atoms with E-state index in [2.05, 4.69) is 18.7 Å². The molecule has 0 aliphatic carbocycles. The molecule has 0 aromatic carbocycles. The molecule has 0 N–H and O–H groups in total. The molecule has 122 valence electrons. The van der Waals surface area contributed by atoms with E-state index in [0.29, 0.717) is 6.61 Å². The lowest BCUT2D eigenvalue weighted by Gasteiger charge is -2.27. The second-order valence-electron chi connectivity index (χ2n) is 5.18. The maximum atomic E-state index is 5.75. The van der Waals surface area contributed by atoms with Gasteiger partial charge >= 0.3 is 8.80 Å². The van der Waals surface area contributed by atoms with Crippen molar-refractivity contribution in [1.82, 2.24) is 4.90 Å². The highest BCUT2D eigenvalue weighted by molar-refractivity contribution is 6.60. The summed E-state index contributed by atoms with van der Waals surface area (Å²) >= 11 is 0. The van der Waals surface area contributed by atoms with Crippen molar-refractivity contribution < 1.29 is 13.3 Å². The van der Waals surface area contributed by atoms with E-state index < -0.39 is 8.80 Å². The number of hydrogen-bond donors (Lipinski definition) is 0. The number of rotatable bonds is 14. The average molecular weight is 306 g/mol. The Kier molecular flexibility index (Phi) is 12.8. The summed E-state index contributed by atoms with van der Waals surface area (Å²) in [4.78, 5) is 2.57. The zero-order chi connectivity index (χ0) is 15.3. The molecule has 0 saturated carbocycles. The van der Waals surface area contributed by atoms with E-state index in [9.17, 15) is 0 Å². The van der Waals surface area contributed by atoms with Crippen LogP contribution in [0, 0.1) is 0 Å². The van der Waals surface area contributed by atoms with Gasteiger partial charge in [-0.1, -0.05) is 26.7 Å². The fourth-order valence-electron chi connectivity index (χ4n) is 2.32. The molecule has 0 aromatic rings. The van der Waals surface area contributed by atoms with Crippen LogP contribution < -0.4 is 0 Å². The van der Waals surface area contributed by atoms with Gasteiger partial charge < -0.3 is 18.2 Å². The number of unbranched alkanes of at least 4 members (excludes halogenated alkanes) is 2. The molecule has 20 heavy (non-hydrogen) atoms. The summed E-state index contributed by atoms with van der Waals surface area (Å²) < 4.78 is 16.8. The molecule has 0 fully saturated rings. The quantitative estimate of drug-likeness (QED) is 0.459. The summed E-state index contributed by atoms with van der Waals surface area (Å²) in [5.41, 5.74) is 0. The van der Waals surface area contributed by atoms with E-state index in [1.165, 1.54) is 38.8 Å². The van der Waals surface area contributed by atoms with Gasteiger partial charge in [-0.05, 0) is 45.8 Å². The molecule has 0 heterocycles. The van der Waals surface area contributed by atoms with Crippen molar-refractivity contribution >= 4 is 8.80 Å². The Bertz CT molecular complexity index is 205. The van der Waals surface area contributed by atoms with E-state index in [1.54, 1.807) is 14.2 Å². The van der Waals surface area contributed by atoms with Crippen LogP contribution in [0.15, 0.2) is 0 Å². The van der Waals surface area contributed by atoms with Crippen LogP contribution in [-0.4, -0.2) is 54.2 Å². The summed E-state index contributed by atoms with van der Waals surface area (Å²) in [6.07, 6.45) is 6.17. The first-order valence-corrected chi connectivity index (χ1v) is 10.1. The van der Waals surface area contributed by atoms with Crippen molar-refractivity contribution in [3.8, 4) is 0 Å². The van der Waals surface area contributed by atoms with E-state index >= 15 is 0 Å². The first-order valence-electron chi connectivity index (χ1n) is 8.14. The highest BCUT2D eigenvalue weighted by atomic mass is 28.4. The summed E-state index contributed by atoms with van der Waals surface area (Å²) in [7, 11) is 1.01. The van der Waals surface area contributed by atoms with Gasteiger partial charge in [0.25, 0.3) is 0 Å². The molecule has 0 atom stereocenters. The van der Waals surface area contributed by atoms with Gasteiger partial charge in [0.15, 0.2) is 0 Å². The number of hydrogen-bond acceptors (Lipinski definition) is 4. The maximum Gasteiger partial charge on any atom is 0.500 e. The molecule has 0 rings (SSSR count). The fraction of sp³-hybridized carbons (Fsp3) is 1.00. The zero-order valence-corrected chi connectivity index (χ0v) is 15.2. The lowest BCUT2D eigenvalue weighted by atomic mass is 10.2. The van der Waals surface area contributed by atoms with Gasteiger partial charge in [0, 0.05) is 26.9 Å². The second kappa shape index (κ2) is 12.8.